The van der Waals surface area contributed by atoms with E-state index in [-0.39, 0.29) is 12.5 Å². The Balaban J connectivity index is 2.44. The Morgan fingerprint density at radius 2 is 1.87 bits per heavy atom. The molecule has 0 saturated carbocycles. The number of carbonyl (C=O) groups is 1. The SMILES string of the molecule is COCC(=O)N[C@@H](c1cc(OC)cc(OC)c1)c1nccn1C. The summed E-state index contributed by atoms with van der Waals surface area (Å²) >= 11 is 0. The predicted molar refractivity (Wildman–Crippen MR) is 84.6 cm³/mol. The lowest BCUT2D eigenvalue weighted by Gasteiger charge is -2.20. The molecule has 2 rings (SSSR count). The van der Waals surface area contributed by atoms with Gasteiger partial charge in [0.15, 0.2) is 0 Å². The Kier molecular flexibility index (Phi) is 5.59. The van der Waals surface area contributed by atoms with E-state index in [1.54, 1.807) is 26.5 Å². The highest BCUT2D eigenvalue weighted by Gasteiger charge is 2.22. The molecule has 1 aromatic carbocycles. The number of benzene rings is 1. The second-order valence-corrected chi connectivity index (χ2v) is 4.98. The van der Waals surface area contributed by atoms with Gasteiger partial charge in [0, 0.05) is 32.6 Å². The van der Waals surface area contributed by atoms with Crippen LogP contribution in [-0.2, 0) is 16.6 Å². The summed E-state index contributed by atoms with van der Waals surface area (Å²) < 4.78 is 17.3. The van der Waals surface area contributed by atoms with E-state index >= 15 is 0 Å². The van der Waals surface area contributed by atoms with Gasteiger partial charge in [-0.25, -0.2) is 4.98 Å². The van der Waals surface area contributed by atoms with Crippen molar-refractivity contribution < 1.29 is 19.0 Å². The molecule has 124 valence electrons. The lowest BCUT2D eigenvalue weighted by atomic mass is 10.0. The lowest BCUT2D eigenvalue weighted by molar-refractivity contribution is -0.125. The average Bonchev–Trinajstić information content (AvgIpc) is 2.98. The van der Waals surface area contributed by atoms with Crippen LogP contribution >= 0.6 is 0 Å². The number of nitrogens with one attached hydrogen (secondary N) is 1. The molecule has 0 aliphatic heterocycles. The minimum Gasteiger partial charge on any atom is -0.497 e. The molecule has 0 radical (unpaired) electrons. The number of hydrogen-bond acceptors (Lipinski definition) is 5. The summed E-state index contributed by atoms with van der Waals surface area (Å²) in [5, 5.41) is 2.92. The number of rotatable bonds is 7. The van der Waals surface area contributed by atoms with E-state index in [1.807, 2.05) is 29.9 Å². The first kappa shape index (κ1) is 16.8. The van der Waals surface area contributed by atoms with Crippen LogP contribution in [0.4, 0.5) is 0 Å². The highest BCUT2D eigenvalue weighted by atomic mass is 16.5. The number of methoxy groups -OCH3 is 3. The first-order valence-corrected chi connectivity index (χ1v) is 7.07. The summed E-state index contributed by atoms with van der Waals surface area (Å²) in [4.78, 5) is 16.3. The van der Waals surface area contributed by atoms with Gasteiger partial charge in [-0.15, -0.1) is 0 Å². The summed E-state index contributed by atoms with van der Waals surface area (Å²) in [7, 11) is 6.51. The summed E-state index contributed by atoms with van der Waals surface area (Å²) in [6, 6.07) is 5.02. The first-order valence-electron chi connectivity index (χ1n) is 7.07. The highest BCUT2D eigenvalue weighted by molar-refractivity contribution is 5.78. The third kappa shape index (κ3) is 4.01. The van der Waals surface area contributed by atoms with Crippen molar-refractivity contribution in [2.24, 2.45) is 7.05 Å². The largest absolute Gasteiger partial charge is 0.497 e. The van der Waals surface area contributed by atoms with Crippen molar-refractivity contribution >= 4 is 5.91 Å². The molecular formula is C16H21N3O4. The van der Waals surface area contributed by atoms with Gasteiger partial charge in [0.25, 0.3) is 0 Å². The molecule has 7 nitrogen and oxygen atoms in total. The van der Waals surface area contributed by atoms with Gasteiger partial charge in [0.1, 0.15) is 30.0 Å². The molecule has 1 atom stereocenters. The van der Waals surface area contributed by atoms with E-state index < -0.39 is 6.04 Å². The summed E-state index contributed by atoms with van der Waals surface area (Å²) in [5.74, 6) is 1.74. The molecule has 1 heterocycles. The Hall–Kier alpha value is -2.54. The van der Waals surface area contributed by atoms with E-state index in [2.05, 4.69) is 10.3 Å². The van der Waals surface area contributed by atoms with E-state index in [9.17, 15) is 4.79 Å². The van der Waals surface area contributed by atoms with Crippen LogP contribution in [0, 0.1) is 0 Å². The fraction of sp³-hybridized carbons (Fsp3) is 0.375. The van der Waals surface area contributed by atoms with Crippen LogP contribution in [0.25, 0.3) is 0 Å². The van der Waals surface area contributed by atoms with Crippen molar-refractivity contribution in [3.63, 3.8) is 0 Å². The summed E-state index contributed by atoms with van der Waals surface area (Å²) in [5.41, 5.74) is 0.806. The minimum atomic E-state index is -0.443. The maximum atomic E-state index is 12.0. The molecule has 0 unspecified atom stereocenters. The first-order chi connectivity index (χ1) is 11.1. The van der Waals surface area contributed by atoms with Gasteiger partial charge in [-0.1, -0.05) is 0 Å². The number of hydrogen-bond donors (Lipinski definition) is 1. The number of nitrogens with zero attached hydrogens (tertiary/aromatic N) is 2. The number of aryl methyl sites for hydroxylation is 1. The van der Waals surface area contributed by atoms with Crippen LogP contribution in [0.15, 0.2) is 30.6 Å². The van der Waals surface area contributed by atoms with Crippen molar-refractivity contribution in [1.82, 2.24) is 14.9 Å². The van der Waals surface area contributed by atoms with Crippen LogP contribution in [0.1, 0.15) is 17.4 Å². The zero-order chi connectivity index (χ0) is 16.8. The molecule has 0 aliphatic rings. The molecule has 0 aliphatic carbocycles. The molecule has 0 spiro atoms. The minimum absolute atomic E-state index is 0.0258. The standard InChI is InChI=1S/C16H21N3O4/c1-19-6-5-17-16(19)15(18-14(20)10-21-2)11-7-12(22-3)9-13(8-11)23-4/h5-9,15H,10H2,1-4H3,(H,18,20)/t15-/m0/s1. The molecule has 23 heavy (non-hydrogen) atoms. The van der Waals surface area contributed by atoms with Crippen molar-refractivity contribution in [1.29, 1.82) is 0 Å². The molecule has 1 amide bonds. The van der Waals surface area contributed by atoms with Gasteiger partial charge in [-0.05, 0) is 17.7 Å². The summed E-state index contributed by atoms with van der Waals surface area (Å²) in [6.45, 7) is -0.0258. The quantitative estimate of drug-likeness (QED) is 0.832. The number of carbonyl (C=O) groups excluding carboxylic acids is 1. The topological polar surface area (TPSA) is 74.6 Å². The summed E-state index contributed by atoms with van der Waals surface area (Å²) in [6.07, 6.45) is 3.50. The maximum Gasteiger partial charge on any atom is 0.246 e. The van der Waals surface area contributed by atoms with E-state index in [0.29, 0.717) is 17.3 Å². The van der Waals surface area contributed by atoms with E-state index in [0.717, 1.165) is 5.56 Å². The van der Waals surface area contributed by atoms with Gasteiger partial charge in [-0.2, -0.15) is 0 Å². The Bertz CT molecular complexity index is 647. The van der Waals surface area contributed by atoms with Crippen LogP contribution in [0.5, 0.6) is 11.5 Å². The van der Waals surface area contributed by atoms with Gasteiger partial charge in [-0.3, -0.25) is 4.79 Å². The van der Waals surface area contributed by atoms with Gasteiger partial charge in [0.2, 0.25) is 5.91 Å². The van der Waals surface area contributed by atoms with E-state index in [4.69, 9.17) is 14.2 Å². The smallest absolute Gasteiger partial charge is 0.246 e. The van der Waals surface area contributed by atoms with Crippen LogP contribution in [0.2, 0.25) is 0 Å². The molecule has 0 saturated heterocycles. The van der Waals surface area contributed by atoms with Gasteiger partial charge < -0.3 is 24.1 Å². The van der Waals surface area contributed by atoms with Crippen molar-refractivity contribution in [2.45, 2.75) is 6.04 Å². The molecule has 1 aromatic heterocycles. The highest BCUT2D eigenvalue weighted by Crippen LogP contribution is 2.29. The fourth-order valence-electron chi connectivity index (χ4n) is 2.28. The predicted octanol–water partition coefficient (Wildman–Crippen LogP) is 1.29. The number of aromatic nitrogens is 2. The number of amides is 1. The van der Waals surface area contributed by atoms with Crippen molar-refractivity contribution in [3.05, 3.63) is 42.0 Å². The second kappa shape index (κ2) is 7.64. The maximum absolute atomic E-state index is 12.0. The number of ether oxygens (including phenoxy) is 3. The fourth-order valence-corrected chi connectivity index (χ4v) is 2.28. The van der Waals surface area contributed by atoms with Crippen LogP contribution in [0.3, 0.4) is 0 Å². The lowest BCUT2D eigenvalue weighted by Crippen LogP contribution is -2.33. The number of imidazole rings is 1. The second-order valence-electron chi connectivity index (χ2n) is 4.98. The third-order valence-corrected chi connectivity index (χ3v) is 3.40. The average molecular weight is 319 g/mol. The monoisotopic (exact) mass is 319 g/mol. The van der Waals surface area contributed by atoms with E-state index in [1.165, 1.54) is 7.11 Å². The molecule has 7 heteroatoms. The molecular weight excluding hydrogens is 298 g/mol. The van der Waals surface area contributed by atoms with Crippen molar-refractivity contribution in [2.75, 3.05) is 27.9 Å². The molecule has 0 fully saturated rings. The Morgan fingerprint density at radius 3 is 2.35 bits per heavy atom. The van der Waals surface area contributed by atoms with Gasteiger partial charge in [0.05, 0.1) is 14.2 Å². The normalized spacial score (nSPS) is 11.8. The Morgan fingerprint density at radius 1 is 1.22 bits per heavy atom. The molecule has 1 N–H and O–H groups in total. The zero-order valence-electron chi connectivity index (χ0n) is 13.7. The Labute approximate surface area is 135 Å². The van der Waals surface area contributed by atoms with Gasteiger partial charge >= 0.3 is 0 Å². The zero-order valence-corrected chi connectivity index (χ0v) is 13.7. The molecule has 0 bridgehead atoms. The van der Waals surface area contributed by atoms with Crippen molar-refractivity contribution in [3.8, 4) is 11.5 Å². The van der Waals surface area contributed by atoms with Crippen LogP contribution < -0.4 is 14.8 Å². The molecule has 2 aromatic rings. The third-order valence-electron chi connectivity index (χ3n) is 3.40. The van der Waals surface area contributed by atoms with Crippen LogP contribution in [-0.4, -0.2) is 43.4 Å².